The van der Waals surface area contributed by atoms with Crippen LogP contribution in [0.1, 0.15) is 48.9 Å². The third kappa shape index (κ3) is 5.98. The highest BCUT2D eigenvalue weighted by Crippen LogP contribution is 2.32. The largest absolute Gasteiger partial charge is 0.389 e. The Morgan fingerprint density at radius 3 is 2.78 bits per heavy atom. The predicted octanol–water partition coefficient (Wildman–Crippen LogP) is 6.10. The summed E-state index contributed by atoms with van der Waals surface area (Å²) in [6.07, 6.45) is 4.09. The van der Waals surface area contributed by atoms with Gasteiger partial charge < -0.3 is 15.7 Å². The molecule has 4 unspecified atom stereocenters. The van der Waals surface area contributed by atoms with Crippen LogP contribution in [0.3, 0.4) is 0 Å². The molecule has 0 bridgehead atoms. The summed E-state index contributed by atoms with van der Waals surface area (Å²) < 4.78 is 37.4. The highest BCUT2D eigenvalue weighted by molar-refractivity contribution is 6.99. The molecular formula is C29H32F2N4OS. The van der Waals surface area contributed by atoms with Gasteiger partial charge in [-0.25, -0.2) is 8.78 Å². The molecule has 3 aromatic rings. The first kappa shape index (κ1) is 25.7. The Kier molecular flexibility index (Phi) is 8.08. The third-order valence-corrected chi connectivity index (χ3v) is 7.69. The van der Waals surface area contributed by atoms with Crippen molar-refractivity contribution in [1.29, 1.82) is 0 Å². The van der Waals surface area contributed by atoms with Crippen LogP contribution in [0.15, 0.2) is 72.1 Å². The van der Waals surface area contributed by atoms with Crippen molar-refractivity contribution in [2.24, 2.45) is 0 Å². The van der Waals surface area contributed by atoms with E-state index in [1.54, 1.807) is 0 Å². The summed E-state index contributed by atoms with van der Waals surface area (Å²) in [6.45, 7) is 2.40. The number of nitrogens with zero attached hydrogens (tertiary/aromatic N) is 2. The highest BCUT2D eigenvalue weighted by Gasteiger charge is 2.30. The van der Waals surface area contributed by atoms with Crippen molar-refractivity contribution in [1.82, 2.24) is 14.1 Å². The molecule has 3 N–H and O–H groups in total. The first-order valence-corrected chi connectivity index (χ1v) is 13.6. The van der Waals surface area contributed by atoms with Gasteiger partial charge in [-0.15, -0.1) is 0 Å². The van der Waals surface area contributed by atoms with E-state index in [2.05, 4.69) is 44.5 Å². The smallest absolute Gasteiger partial charge is 0.168 e. The van der Waals surface area contributed by atoms with E-state index in [1.807, 2.05) is 30.3 Å². The quantitative estimate of drug-likeness (QED) is 0.317. The lowest BCUT2D eigenvalue weighted by Crippen LogP contribution is -2.43. The van der Waals surface area contributed by atoms with Crippen molar-refractivity contribution in [3.63, 3.8) is 0 Å². The summed E-state index contributed by atoms with van der Waals surface area (Å²) in [7, 11) is 0. The Hall–Kier alpha value is -2.94. The first-order chi connectivity index (χ1) is 18.0. The summed E-state index contributed by atoms with van der Waals surface area (Å²) >= 11 is 1.05. The molecule has 4 atom stereocenters. The summed E-state index contributed by atoms with van der Waals surface area (Å²) in [4.78, 5) is 0. The molecule has 5 rings (SSSR count). The Balaban J connectivity index is 1.38. The Bertz CT molecular complexity index is 1280. The Morgan fingerprint density at radius 2 is 2.00 bits per heavy atom. The van der Waals surface area contributed by atoms with Gasteiger partial charge in [-0.1, -0.05) is 55.5 Å². The summed E-state index contributed by atoms with van der Waals surface area (Å²) in [5.41, 5.74) is 5.80. The van der Waals surface area contributed by atoms with E-state index < -0.39 is 24.1 Å². The number of hydrogen-bond donors (Lipinski definition) is 3. The van der Waals surface area contributed by atoms with Crippen LogP contribution in [-0.4, -0.2) is 38.7 Å². The Morgan fingerprint density at radius 1 is 1.16 bits per heavy atom. The fourth-order valence-electron chi connectivity index (χ4n) is 5.21. The minimum absolute atomic E-state index is 0.118. The maximum absolute atomic E-state index is 14.3. The van der Waals surface area contributed by atoms with Gasteiger partial charge in [0.1, 0.15) is 17.7 Å². The molecular weight excluding hydrogens is 490 g/mol. The number of halogens is 2. The summed E-state index contributed by atoms with van der Waals surface area (Å²) in [6, 6.07) is 15.6. The minimum Gasteiger partial charge on any atom is -0.389 e. The molecule has 8 heteroatoms. The van der Waals surface area contributed by atoms with E-state index in [0.29, 0.717) is 17.1 Å². The zero-order chi connectivity index (χ0) is 25.8. The zero-order valence-corrected chi connectivity index (χ0v) is 21.6. The number of rotatable bonds is 9. The van der Waals surface area contributed by atoms with Crippen LogP contribution < -0.4 is 10.6 Å². The fraction of sp³-hybridized carbons (Fsp3) is 0.379. The third-order valence-electron chi connectivity index (χ3n) is 7.16. The second-order valence-electron chi connectivity index (χ2n) is 9.73. The molecule has 1 aromatic heterocycles. The number of hydrogen-bond acceptors (Lipinski definition) is 6. The number of aliphatic hydroxyl groups excluding tert-OH is 1. The van der Waals surface area contributed by atoms with Crippen molar-refractivity contribution in [3.05, 3.63) is 88.8 Å². The summed E-state index contributed by atoms with van der Waals surface area (Å²) in [5, 5.41) is 18.2. The van der Waals surface area contributed by atoms with Gasteiger partial charge in [-0.3, -0.25) is 0 Å². The van der Waals surface area contributed by atoms with E-state index in [4.69, 9.17) is 0 Å². The SMILES string of the molecule is CCc1ccc2c(c1)C(NCC(O)C(Nc1nsnc1-c1ccccc1)C1=CC(F)CC(F)=C1)CCC2. The van der Waals surface area contributed by atoms with E-state index in [9.17, 15) is 13.9 Å². The molecule has 0 aliphatic heterocycles. The average molecular weight is 523 g/mol. The monoisotopic (exact) mass is 522 g/mol. The molecule has 1 heterocycles. The molecule has 2 aliphatic carbocycles. The Labute approximate surface area is 220 Å². The summed E-state index contributed by atoms with van der Waals surface area (Å²) in [5.74, 6) is -0.0588. The van der Waals surface area contributed by atoms with Gasteiger partial charge in [0, 0.05) is 24.6 Å². The molecule has 2 aromatic carbocycles. The number of allylic oxidation sites excluding steroid dienone is 2. The van der Waals surface area contributed by atoms with Crippen molar-refractivity contribution in [2.75, 3.05) is 11.9 Å². The van der Waals surface area contributed by atoms with Gasteiger partial charge in [-0.2, -0.15) is 8.75 Å². The maximum atomic E-state index is 14.3. The van der Waals surface area contributed by atoms with Crippen molar-refractivity contribution in [3.8, 4) is 11.3 Å². The van der Waals surface area contributed by atoms with Crippen LogP contribution in [0, 0.1) is 0 Å². The lowest BCUT2D eigenvalue weighted by Gasteiger charge is -2.31. The van der Waals surface area contributed by atoms with Gasteiger partial charge in [-0.05, 0) is 60.1 Å². The highest BCUT2D eigenvalue weighted by atomic mass is 32.1. The first-order valence-electron chi connectivity index (χ1n) is 12.9. The van der Waals surface area contributed by atoms with E-state index >= 15 is 0 Å². The average Bonchev–Trinajstić information content (AvgIpc) is 3.38. The number of anilines is 1. The topological polar surface area (TPSA) is 70.1 Å². The van der Waals surface area contributed by atoms with Crippen LogP contribution in [0.2, 0.25) is 0 Å². The number of alkyl halides is 1. The fourth-order valence-corrected chi connectivity index (χ4v) is 5.75. The number of benzene rings is 2. The van der Waals surface area contributed by atoms with Crippen molar-refractivity contribution < 1.29 is 13.9 Å². The number of nitrogens with one attached hydrogen (secondary N) is 2. The molecule has 0 spiro atoms. The van der Waals surface area contributed by atoms with Crippen LogP contribution in [0.5, 0.6) is 0 Å². The zero-order valence-electron chi connectivity index (χ0n) is 20.8. The van der Waals surface area contributed by atoms with E-state index in [-0.39, 0.29) is 19.0 Å². The normalized spacial score (nSPS) is 21.0. The number of aryl methyl sites for hydroxylation is 2. The molecule has 0 saturated carbocycles. The second-order valence-corrected chi connectivity index (χ2v) is 10.3. The molecule has 2 aliphatic rings. The molecule has 194 valence electrons. The molecule has 37 heavy (non-hydrogen) atoms. The lowest BCUT2D eigenvalue weighted by molar-refractivity contribution is 0.154. The molecule has 0 amide bonds. The minimum atomic E-state index is -1.44. The standard InChI is InChI=1S/C29H32F2N4OS/c1-2-18-11-12-19-9-6-10-25(24(19)13-18)32-17-26(36)27(21-14-22(30)16-23(31)15-21)33-29-28(34-37-35-29)20-7-4-3-5-8-20/h3-5,7-8,11-15,22,25-27,32,36H,2,6,9-10,16-17H2,1H3,(H,33,35). The lowest BCUT2D eigenvalue weighted by atomic mass is 9.86. The molecule has 0 radical (unpaired) electrons. The number of fused-ring (bicyclic) bond motifs is 1. The molecule has 0 fully saturated rings. The van der Waals surface area contributed by atoms with E-state index in [1.165, 1.54) is 28.8 Å². The van der Waals surface area contributed by atoms with Crippen LogP contribution in [0.25, 0.3) is 11.3 Å². The van der Waals surface area contributed by atoms with Gasteiger partial charge >= 0.3 is 0 Å². The van der Waals surface area contributed by atoms with Crippen molar-refractivity contribution >= 4 is 17.5 Å². The number of aliphatic hydroxyl groups is 1. The predicted molar refractivity (Wildman–Crippen MR) is 145 cm³/mol. The van der Waals surface area contributed by atoms with Gasteiger partial charge in [0.15, 0.2) is 5.82 Å². The number of aromatic nitrogens is 2. The van der Waals surface area contributed by atoms with Gasteiger partial charge in [0.05, 0.1) is 23.9 Å². The molecule has 5 nitrogen and oxygen atoms in total. The van der Waals surface area contributed by atoms with Crippen LogP contribution >= 0.6 is 11.7 Å². The molecule has 0 saturated heterocycles. The van der Waals surface area contributed by atoms with Gasteiger partial charge in [0.25, 0.3) is 0 Å². The van der Waals surface area contributed by atoms with E-state index in [0.717, 1.165) is 43.0 Å². The van der Waals surface area contributed by atoms with Gasteiger partial charge in [0.2, 0.25) is 0 Å². The van der Waals surface area contributed by atoms with Crippen molar-refractivity contribution in [2.45, 2.75) is 63.4 Å². The second kappa shape index (κ2) is 11.6. The maximum Gasteiger partial charge on any atom is 0.168 e. The van der Waals surface area contributed by atoms with Crippen LogP contribution in [-0.2, 0) is 12.8 Å². The van der Waals surface area contributed by atoms with Crippen LogP contribution in [0.4, 0.5) is 14.6 Å².